The Hall–Kier alpha value is -3.41. The highest BCUT2D eigenvalue weighted by atomic mass is 16.6. The third kappa shape index (κ3) is 67.3. The molecule has 81 heavy (non-hydrogen) atoms. The van der Waals surface area contributed by atoms with Crippen molar-refractivity contribution < 1.29 is 28.6 Å². The van der Waals surface area contributed by atoms with E-state index in [4.69, 9.17) is 14.2 Å². The van der Waals surface area contributed by atoms with E-state index in [-0.39, 0.29) is 31.1 Å². The molecule has 0 heterocycles. The maximum atomic E-state index is 12.9. The van der Waals surface area contributed by atoms with E-state index in [1.165, 1.54) is 225 Å². The average Bonchev–Trinajstić information content (AvgIpc) is 3.47. The number of unbranched alkanes of at least 4 members (excludes halogenated alkanes) is 39. The fraction of sp³-hybridized carbons (Fsp3) is 0.773. The molecule has 0 aliphatic carbocycles. The van der Waals surface area contributed by atoms with Crippen LogP contribution in [0.5, 0.6) is 0 Å². The van der Waals surface area contributed by atoms with Crippen molar-refractivity contribution in [3.05, 3.63) is 85.1 Å². The average molecular weight is 1130 g/mol. The number of esters is 3. The third-order valence-electron chi connectivity index (χ3n) is 15.4. The lowest BCUT2D eigenvalue weighted by molar-refractivity contribution is -0.167. The highest BCUT2D eigenvalue weighted by molar-refractivity contribution is 5.71. The summed E-state index contributed by atoms with van der Waals surface area (Å²) in [5.74, 6) is -0.920. The minimum atomic E-state index is -0.797. The summed E-state index contributed by atoms with van der Waals surface area (Å²) in [7, 11) is 0. The molecule has 0 aromatic carbocycles. The Morgan fingerprint density at radius 2 is 0.481 bits per heavy atom. The molecule has 0 saturated carbocycles. The fourth-order valence-corrected chi connectivity index (χ4v) is 10.1. The largest absolute Gasteiger partial charge is 0.462 e. The molecule has 1 unspecified atom stereocenters. The lowest BCUT2D eigenvalue weighted by Crippen LogP contribution is -2.30. The third-order valence-corrected chi connectivity index (χ3v) is 15.4. The number of allylic oxidation sites excluding steroid dienone is 14. The number of hydrogen-bond donors (Lipinski definition) is 0. The molecule has 1 atom stereocenters. The van der Waals surface area contributed by atoms with Crippen molar-refractivity contribution in [2.75, 3.05) is 13.2 Å². The van der Waals surface area contributed by atoms with E-state index in [1.54, 1.807) is 0 Å². The van der Waals surface area contributed by atoms with Gasteiger partial charge in [-0.3, -0.25) is 14.4 Å². The van der Waals surface area contributed by atoms with Crippen molar-refractivity contribution in [2.24, 2.45) is 0 Å². The number of ether oxygens (including phenoxy) is 3. The lowest BCUT2D eigenvalue weighted by Gasteiger charge is -2.18. The fourth-order valence-electron chi connectivity index (χ4n) is 10.1. The smallest absolute Gasteiger partial charge is 0.306 e. The van der Waals surface area contributed by atoms with Gasteiger partial charge in [-0.05, 0) is 116 Å². The van der Waals surface area contributed by atoms with Gasteiger partial charge in [-0.1, -0.05) is 305 Å². The van der Waals surface area contributed by atoms with Crippen LogP contribution in [-0.4, -0.2) is 37.2 Å². The van der Waals surface area contributed by atoms with Crippen LogP contribution in [0.3, 0.4) is 0 Å². The van der Waals surface area contributed by atoms with Crippen molar-refractivity contribution in [2.45, 2.75) is 361 Å². The van der Waals surface area contributed by atoms with Gasteiger partial charge < -0.3 is 14.2 Å². The van der Waals surface area contributed by atoms with Crippen LogP contribution >= 0.6 is 0 Å². The first-order chi connectivity index (χ1) is 40.0. The lowest BCUT2D eigenvalue weighted by atomic mass is 10.0. The Balaban J connectivity index is 4.27. The topological polar surface area (TPSA) is 78.9 Å². The monoisotopic (exact) mass is 1130 g/mol. The molecule has 0 aromatic rings. The molecule has 0 fully saturated rings. The molecule has 0 aliphatic rings. The van der Waals surface area contributed by atoms with Crippen molar-refractivity contribution in [1.29, 1.82) is 0 Å². The molecule has 0 aromatic heterocycles. The number of hydrogen-bond acceptors (Lipinski definition) is 6. The number of carbonyl (C=O) groups excluding carboxylic acids is 3. The predicted molar refractivity (Wildman–Crippen MR) is 353 cm³/mol. The van der Waals surface area contributed by atoms with Gasteiger partial charge in [0.1, 0.15) is 13.2 Å². The predicted octanol–water partition coefficient (Wildman–Crippen LogP) is 24.2. The maximum absolute atomic E-state index is 12.9. The van der Waals surface area contributed by atoms with Gasteiger partial charge in [0.25, 0.3) is 0 Å². The molecule has 6 nitrogen and oxygen atoms in total. The number of carbonyl (C=O) groups is 3. The Morgan fingerprint density at radius 1 is 0.259 bits per heavy atom. The summed E-state index contributed by atoms with van der Waals surface area (Å²) >= 11 is 0. The van der Waals surface area contributed by atoms with Crippen LogP contribution in [0.25, 0.3) is 0 Å². The highest BCUT2D eigenvalue weighted by Gasteiger charge is 2.19. The standard InChI is InChI=1S/C75H132O6/c1-4-7-10-13-16-19-22-25-28-30-32-33-34-35-36-37-38-39-40-41-43-44-47-50-53-56-59-62-65-68-74(77)80-71-72(70-79-73(76)67-64-61-58-55-52-49-46-27-24-21-18-15-12-9-6-3)81-75(78)69-66-63-60-57-54-51-48-45-42-31-29-26-23-20-17-14-11-8-5-2/h9,12,17-18,20-21,26-27,29-30,32,46,52,55,72H,4-8,10-11,13-16,19,22-25,28,31,33-45,47-51,53-54,56-71H2,1-3H3/b12-9-,20-17-,21-18-,29-26-,32-30-,46-27-,55-52-. The van der Waals surface area contributed by atoms with E-state index in [1.807, 2.05) is 0 Å². The summed E-state index contributed by atoms with van der Waals surface area (Å²) in [6, 6.07) is 0. The van der Waals surface area contributed by atoms with Gasteiger partial charge in [-0.25, -0.2) is 0 Å². The Morgan fingerprint density at radius 3 is 0.815 bits per heavy atom. The molecular formula is C75H132O6. The molecule has 6 heteroatoms. The molecule has 0 spiro atoms. The Kier molecular flexibility index (Phi) is 66.2. The van der Waals surface area contributed by atoms with Crippen LogP contribution < -0.4 is 0 Å². The summed E-state index contributed by atoms with van der Waals surface area (Å²) in [6.45, 7) is 6.51. The first kappa shape index (κ1) is 77.6. The molecule has 0 radical (unpaired) electrons. The molecule has 0 rings (SSSR count). The van der Waals surface area contributed by atoms with Crippen LogP contribution in [0.15, 0.2) is 85.1 Å². The van der Waals surface area contributed by atoms with E-state index < -0.39 is 6.10 Å². The van der Waals surface area contributed by atoms with E-state index in [2.05, 4.69) is 106 Å². The normalized spacial score (nSPS) is 12.6. The van der Waals surface area contributed by atoms with Crippen LogP contribution in [0.1, 0.15) is 355 Å². The molecule has 468 valence electrons. The van der Waals surface area contributed by atoms with Crippen molar-refractivity contribution >= 4 is 17.9 Å². The first-order valence-electron chi connectivity index (χ1n) is 35.1. The minimum Gasteiger partial charge on any atom is -0.462 e. The molecule has 0 saturated heterocycles. The zero-order valence-electron chi connectivity index (χ0n) is 53.8. The Bertz CT molecular complexity index is 1530. The molecule has 0 aliphatic heterocycles. The van der Waals surface area contributed by atoms with Crippen LogP contribution in [0, 0.1) is 0 Å². The quantitative estimate of drug-likeness (QED) is 0.0261. The molecule has 0 amide bonds. The summed E-state index contributed by atoms with van der Waals surface area (Å²) in [5.41, 5.74) is 0. The highest BCUT2D eigenvalue weighted by Crippen LogP contribution is 2.17. The van der Waals surface area contributed by atoms with E-state index in [0.29, 0.717) is 19.3 Å². The van der Waals surface area contributed by atoms with Gasteiger partial charge in [0.2, 0.25) is 0 Å². The van der Waals surface area contributed by atoms with Gasteiger partial charge in [-0.2, -0.15) is 0 Å². The second-order valence-corrected chi connectivity index (χ2v) is 23.4. The van der Waals surface area contributed by atoms with Crippen molar-refractivity contribution in [1.82, 2.24) is 0 Å². The summed E-state index contributed by atoms with van der Waals surface area (Å²) in [4.78, 5) is 38.4. The van der Waals surface area contributed by atoms with Gasteiger partial charge in [0.05, 0.1) is 0 Å². The van der Waals surface area contributed by atoms with Crippen LogP contribution in [-0.2, 0) is 28.6 Å². The van der Waals surface area contributed by atoms with Gasteiger partial charge in [-0.15, -0.1) is 0 Å². The molecular weight excluding hydrogens is 997 g/mol. The van der Waals surface area contributed by atoms with Gasteiger partial charge in [0.15, 0.2) is 6.10 Å². The van der Waals surface area contributed by atoms with E-state index >= 15 is 0 Å². The zero-order valence-corrected chi connectivity index (χ0v) is 53.8. The maximum Gasteiger partial charge on any atom is 0.306 e. The summed E-state index contributed by atoms with van der Waals surface area (Å²) in [5, 5.41) is 0. The Labute approximate surface area is 503 Å². The van der Waals surface area contributed by atoms with E-state index in [0.717, 1.165) is 89.9 Å². The van der Waals surface area contributed by atoms with Gasteiger partial charge in [0, 0.05) is 19.3 Å². The first-order valence-corrected chi connectivity index (χ1v) is 35.1. The van der Waals surface area contributed by atoms with Crippen LogP contribution in [0.4, 0.5) is 0 Å². The minimum absolute atomic E-state index is 0.0890. The van der Waals surface area contributed by atoms with E-state index in [9.17, 15) is 14.4 Å². The second-order valence-electron chi connectivity index (χ2n) is 23.4. The summed E-state index contributed by atoms with van der Waals surface area (Å²) < 4.78 is 16.9. The molecule has 0 bridgehead atoms. The van der Waals surface area contributed by atoms with Crippen LogP contribution in [0.2, 0.25) is 0 Å². The van der Waals surface area contributed by atoms with Gasteiger partial charge >= 0.3 is 17.9 Å². The second kappa shape index (κ2) is 69.1. The SMILES string of the molecule is CC/C=C\C/C=C\C/C=C\C/C=C\CCCCC(=O)OCC(COC(=O)CCCCCCCCCCCCCCCCCCC/C=C\CCCCCCCCCC)OC(=O)CCCCCCCCCCC/C=C\C/C=C\CCCCC. The van der Waals surface area contributed by atoms with Crippen molar-refractivity contribution in [3.8, 4) is 0 Å². The number of rotatable bonds is 64. The zero-order chi connectivity index (χ0) is 58.5. The van der Waals surface area contributed by atoms with Crippen molar-refractivity contribution in [3.63, 3.8) is 0 Å². The molecule has 0 N–H and O–H groups in total. The summed E-state index contributed by atoms with van der Waals surface area (Å²) in [6.07, 6.45) is 91.9.